The molecule has 0 bridgehead atoms. The molecule has 0 aliphatic rings. The SMILES string of the molecule is CCCCCCC(C)NCCc1nccn1C. The number of nitrogens with one attached hydrogen (secondary N) is 1. The summed E-state index contributed by atoms with van der Waals surface area (Å²) >= 11 is 0. The van der Waals surface area contributed by atoms with Crippen LogP contribution in [0.3, 0.4) is 0 Å². The highest BCUT2D eigenvalue weighted by molar-refractivity contribution is 4.91. The number of unbranched alkanes of at least 4 members (excludes halogenated alkanes) is 3. The van der Waals surface area contributed by atoms with E-state index < -0.39 is 0 Å². The van der Waals surface area contributed by atoms with E-state index in [2.05, 4.69) is 35.8 Å². The van der Waals surface area contributed by atoms with E-state index in [1.165, 1.54) is 32.1 Å². The first-order valence-corrected chi connectivity index (χ1v) is 6.93. The van der Waals surface area contributed by atoms with Gasteiger partial charge in [0, 0.05) is 38.4 Å². The average Bonchev–Trinajstić information content (AvgIpc) is 2.71. The molecule has 1 aromatic heterocycles. The predicted molar refractivity (Wildman–Crippen MR) is 73.1 cm³/mol. The summed E-state index contributed by atoms with van der Waals surface area (Å²) < 4.78 is 2.09. The van der Waals surface area contributed by atoms with Crippen molar-refractivity contribution in [3.63, 3.8) is 0 Å². The van der Waals surface area contributed by atoms with Crippen LogP contribution < -0.4 is 5.32 Å². The molecule has 0 radical (unpaired) electrons. The topological polar surface area (TPSA) is 29.9 Å². The van der Waals surface area contributed by atoms with Gasteiger partial charge in [-0.2, -0.15) is 0 Å². The van der Waals surface area contributed by atoms with Crippen LogP contribution in [0.5, 0.6) is 0 Å². The van der Waals surface area contributed by atoms with E-state index in [-0.39, 0.29) is 0 Å². The van der Waals surface area contributed by atoms with Crippen LogP contribution in [0, 0.1) is 0 Å². The maximum atomic E-state index is 4.32. The van der Waals surface area contributed by atoms with Crippen molar-refractivity contribution in [3.05, 3.63) is 18.2 Å². The zero-order valence-corrected chi connectivity index (χ0v) is 11.6. The maximum absolute atomic E-state index is 4.32. The van der Waals surface area contributed by atoms with Gasteiger partial charge in [-0.05, 0) is 13.3 Å². The Morgan fingerprint density at radius 1 is 1.35 bits per heavy atom. The average molecular weight is 237 g/mol. The van der Waals surface area contributed by atoms with Crippen molar-refractivity contribution >= 4 is 0 Å². The third kappa shape index (κ3) is 5.87. The Bertz CT molecular complexity index is 293. The Kier molecular flexibility index (Phi) is 6.94. The Morgan fingerprint density at radius 2 is 2.18 bits per heavy atom. The summed E-state index contributed by atoms with van der Waals surface area (Å²) in [5.41, 5.74) is 0. The van der Waals surface area contributed by atoms with Gasteiger partial charge in [0.05, 0.1) is 0 Å². The van der Waals surface area contributed by atoms with Crippen molar-refractivity contribution in [2.75, 3.05) is 6.54 Å². The van der Waals surface area contributed by atoms with Gasteiger partial charge in [-0.3, -0.25) is 0 Å². The van der Waals surface area contributed by atoms with Crippen LogP contribution in [0.4, 0.5) is 0 Å². The summed E-state index contributed by atoms with van der Waals surface area (Å²) in [6.07, 6.45) is 11.6. The van der Waals surface area contributed by atoms with E-state index in [0.717, 1.165) is 18.8 Å². The fourth-order valence-corrected chi connectivity index (χ4v) is 2.05. The normalized spacial score (nSPS) is 12.9. The number of aromatic nitrogens is 2. The monoisotopic (exact) mass is 237 g/mol. The van der Waals surface area contributed by atoms with Gasteiger partial charge < -0.3 is 9.88 Å². The molecule has 0 amide bonds. The largest absolute Gasteiger partial charge is 0.338 e. The van der Waals surface area contributed by atoms with Gasteiger partial charge >= 0.3 is 0 Å². The molecule has 1 N–H and O–H groups in total. The van der Waals surface area contributed by atoms with E-state index in [1.54, 1.807) is 0 Å². The highest BCUT2D eigenvalue weighted by Gasteiger charge is 2.02. The van der Waals surface area contributed by atoms with Crippen molar-refractivity contribution in [2.24, 2.45) is 7.05 Å². The Balaban J connectivity index is 2.04. The van der Waals surface area contributed by atoms with Crippen LogP contribution in [-0.2, 0) is 13.5 Å². The molecule has 3 nitrogen and oxygen atoms in total. The lowest BCUT2D eigenvalue weighted by Crippen LogP contribution is -2.28. The lowest BCUT2D eigenvalue weighted by atomic mass is 10.1. The highest BCUT2D eigenvalue weighted by atomic mass is 15.0. The minimum Gasteiger partial charge on any atom is -0.338 e. The standard InChI is InChI=1S/C14H27N3/c1-4-5-6-7-8-13(2)15-10-9-14-16-11-12-17(14)3/h11-13,15H,4-10H2,1-3H3. The lowest BCUT2D eigenvalue weighted by Gasteiger charge is -2.13. The van der Waals surface area contributed by atoms with Crippen LogP contribution in [0.25, 0.3) is 0 Å². The Labute approximate surface area is 106 Å². The minimum absolute atomic E-state index is 0.632. The first kappa shape index (κ1) is 14.2. The fourth-order valence-electron chi connectivity index (χ4n) is 2.05. The molecule has 0 saturated heterocycles. The van der Waals surface area contributed by atoms with Crippen LogP contribution >= 0.6 is 0 Å². The van der Waals surface area contributed by atoms with Crippen molar-refractivity contribution in [3.8, 4) is 0 Å². The van der Waals surface area contributed by atoms with Crippen LogP contribution in [0.15, 0.2) is 12.4 Å². The maximum Gasteiger partial charge on any atom is 0.109 e. The minimum atomic E-state index is 0.632. The first-order valence-electron chi connectivity index (χ1n) is 6.93. The summed E-state index contributed by atoms with van der Waals surface area (Å²) in [6, 6.07) is 0.632. The number of hydrogen-bond donors (Lipinski definition) is 1. The molecular formula is C14H27N3. The molecule has 0 aliphatic carbocycles. The number of nitrogens with zero attached hydrogens (tertiary/aromatic N) is 2. The summed E-state index contributed by atoms with van der Waals surface area (Å²) in [7, 11) is 2.05. The second-order valence-electron chi connectivity index (χ2n) is 4.91. The number of aryl methyl sites for hydroxylation is 1. The van der Waals surface area contributed by atoms with Gasteiger partial charge in [0.15, 0.2) is 0 Å². The molecule has 0 fully saturated rings. The predicted octanol–water partition coefficient (Wildman–Crippen LogP) is 2.91. The smallest absolute Gasteiger partial charge is 0.109 e. The third-order valence-corrected chi connectivity index (χ3v) is 3.25. The van der Waals surface area contributed by atoms with Gasteiger partial charge in [-0.1, -0.05) is 32.6 Å². The summed E-state index contributed by atoms with van der Waals surface area (Å²) in [5.74, 6) is 1.16. The Hall–Kier alpha value is -0.830. The number of rotatable bonds is 9. The molecule has 0 saturated carbocycles. The summed E-state index contributed by atoms with van der Waals surface area (Å²) in [5, 5.41) is 3.57. The highest BCUT2D eigenvalue weighted by Crippen LogP contribution is 2.05. The summed E-state index contributed by atoms with van der Waals surface area (Å²) in [6.45, 7) is 5.57. The van der Waals surface area contributed by atoms with Gasteiger partial charge in [-0.25, -0.2) is 4.98 Å². The lowest BCUT2D eigenvalue weighted by molar-refractivity contribution is 0.482. The first-order chi connectivity index (χ1) is 8.24. The molecule has 17 heavy (non-hydrogen) atoms. The Morgan fingerprint density at radius 3 is 2.82 bits per heavy atom. The number of imidazole rings is 1. The van der Waals surface area contributed by atoms with Gasteiger partial charge in [0.1, 0.15) is 5.82 Å². The van der Waals surface area contributed by atoms with E-state index in [4.69, 9.17) is 0 Å². The van der Waals surface area contributed by atoms with Crippen LogP contribution in [0.1, 0.15) is 51.8 Å². The van der Waals surface area contributed by atoms with E-state index >= 15 is 0 Å². The molecule has 1 atom stereocenters. The second-order valence-corrected chi connectivity index (χ2v) is 4.91. The summed E-state index contributed by atoms with van der Waals surface area (Å²) in [4.78, 5) is 4.32. The fraction of sp³-hybridized carbons (Fsp3) is 0.786. The van der Waals surface area contributed by atoms with E-state index in [9.17, 15) is 0 Å². The van der Waals surface area contributed by atoms with Crippen molar-refractivity contribution < 1.29 is 0 Å². The molecule has 0 aromatic carbocycles. The van der Waals surface area contributed by atoms with Gasteiger partial charge in [-0.15, -0.1) is 0 Å². The van der Waals surface area contributed by atoms with Crippen LogP contribution in [0.2, 0.25) is 0 Å². The molecule has 1 unspecified atom stereocenters. The molecule has 1 heterocycles. The van der Waals surface area contributed by atoms with Crippen molar-refractivity contribution in [1.29, 1.82) is 0 Å². The van der Waals surface area contributed by atoms with Gasteiger partial charge in [0.25, 0.3) is 0 Å². The number of hydrogen-bond acceptors (Lipinski definition) is 2. The quantitative estimate of drug-likeness (QED) is 0.669. The molecule has 0 spiro atoms. The van der Waals surface area contributed by atoms with E-state index in [0.29, 0.717) is 6.04 Å². The second kappa shape index (κ2) is 8.29. The van der Waals surface area contributed by atoms with Crippen LogP contribution in [-0.4, -0.2) is 22.1 Å². The molecule has 98 valence electrons. The molecule has 3 heteroatoms. The zero-order chi connectivity index (χ0) is 12.5. The van der Waals surface area contributed by atoms with Crippen molar-refractivity contribution in [1.82, 2.24) is 14.9 Å². The molecule has 1 aromatic rings. The molecule has 0 aliphatic heterocycles. The third-order valence-electron chi connectivity index (χ3n) is 3.25. The van der Waals surface area contributed by atoms with Crippen molar-refractivity contribution in [2.45, 2.75) is 58.4 Å². The molecule has 1 rings (SSSR count). The zero-order valence-electron chi connectivity index (χ0n) is 11.6. The van der Waals surface area contributed by atoms with Gasteiger partial charge in [0.2, 0.25) is 0 Å². The van der Waals surface area contributed by atoms with E-state index in [1.807, 2.05) is 12.4 Å². The molecular weight excluding hydrogens is 210 g/mol.